The lowest BCUT2D eigenvalue weighted by molar-refractivity contribution is -0.114. The number of nitrogens with one attached hydrogen (secondary N) is 1. The predicted octanol–water partition coefficient (Wildman–Crippen LogP) is 2.73. The maximum absolute atomic E-state index is 11.0. The molecule has 88 valence electrons. The van der Waals surface area contributed by atoms with Crippen molar-refractivity contribution in [2.45, 2.75) is 12.3 Å². The summed E-state index contributed by atoms with van der Waals surface area (Å²) in [5, 5.41) is 7.85. The zero-order valence-electron chi connectivity index (χ0n) is 9.35. The van der Waals surface area contributed by atoms with E-state index in [9.17, 15) is 4.79 Å². The number of carbonyl (C=O) groups is 1. The summed E-state index contributed by atoms with van der Waals surface area (Å²) in [6.45, 7) is 1.49. The molecule has 0 atom stereocenters. The Labute approximate surface area is 108 Å². The molecule has 0 spiro atoms. The van der Waals surface area contributed by atoms with E-state index in [1.165, 1.54) is 6.92 Å². The van der Waals surface area contributed by atoms with E-state index in [0.29, 0.717) is 0 Å². The largest absolute Gasteiger partial charge is 0.326 e. The molecule has 2 aromatic rings. The third-order valence-corrected chi connectivity index (χ3v) is 2.79. The van der Waals surface area contributed by atoms with Crippen LogP contribution in [0.4, 0.5) is 5.69 Å². The number of amides is 1. The maximum atomic E-state index is 11.0. The number of rotatable bonds is 3. The van der Waals surface area contributed by atoms with Gasteiger partial charge in [0.05, 0.1) is 11.4 Å². The van der Waals surface area contributed by atoms with Gasteiger partial charge in [0.1, 0.15) is 0 Å². The Bertz CT molecular complexity index is 536. The fraction of sp³-hybridized carbons (Fsp3) is 0.167. The number of nitrogens with zero attached hydrogens (tertiary/aromatic N) is 2. The molecule has 0 saturated carbocycles. The summed E-state index contributed by atoms with van der Waals surface area (Å²) in [6.07, 6.45) is 1.89. The Morgan fingerprint density at radius 2 is 2.29 bits per heavy atom. The molecule has 0 aliphatic heterocycles. The number of alkyl halides is 1. The first-order valence-corrected chi connectivity index (χ1v) is 6.30. The molecule has 1 aromatic heterocycles. The highest BCUT2D eigenvalue weighted by Gasteiger charge is 2.02. The normalized spacial score (nSPS) is 10.2. The fourth-order valence-corrected chi connectivity index (χ4v) is 1.81. The third-order valence-electron chi connectivity index (χ3n) is 2.21. The van der Waals surface area contributed by atoms with Crippen molar-refractivity contribution in [2.75, 3.05) is 5.32 Å². The van der Waals surface area contributed by atoms with E-state index >= 15 is 0 Å². The SMILES string of the molecule is CC(=O)Nc1cccc(-n2ccc(CBr)n2)c1. The van der Waals surface area contributed by atoms with Crippen LogP contribution in [0.5, 0.6) is 0 Å². The van der Waals surface area contributed by atoms with E-state index < -0.39 is 0 Å². The Morgan fingerprint density at radius 1 is 1.47 bits per heavy atom. The van der Waals surface area contributed by atoms with Gasteiger partial charge in [-0.2, -0.15) is 5.10 Å². The van der Waals surface area contributed by atoms with Gasteiger partial charge in [-0.15, -0.1) is 0 Å². The van der Waals surface area contributed by atoms with Gasteiger partial charge < -0.3 is 5.32 Å². The molecular weight excluding hydrogens is 282 g/mol. The molecule has 0 unspecified atom stereocenters. The topological polar surface area (TPSA) is 46.9 Å². The first kappa shape index (κ1) is 11.9. The number of anilines is 1. The van der Waals surface area contributed by atoms with Crippen LogP contribution in [-0.2, 0) is 10.1 Å². The monoisotopic (exact) mass is 293 g/mol. The Kier molecular flexibility index (Phi) is 3.58. The smallest absolute Gasteiger partial charge is 0.221 e. The molecule has 5 heteroatoms. The first-order chi connectivity index (χ1) is 8.19. The van der Waals surface area contributed by atoms with Crippen LogP contribution in [0.2, 0.25) is 0 Å². The molecular formula is C12H12BrN3O. The van der Waals surface area contributed by atoms with Crippen molar-refractivity contribution < 1.29 is 4.79 Å². The average Bonchev–Trinajstić information content (AvgIpc) is 2.77. The maximum Gasteiger partial charge on any atom is 0.221 e. The number of hydrogen-bond donors (Lipinski definition) is 1. The summed E-state index contributed by atoms with van der Waals surface area (Å²) in [4.78, 5) is 11.0. The molecule has 1 aromatic carbocycles. The molecule has 0 aliphatic rings. The van der Waals surface area contributed by atoms with Crippen molar-refractivity contribution in [1.82, 2.24) is 9.78 Å². The summed E-state index contributed by atoms with van der Waals surface area (Å²) >= 11 is 3.36. The lowest BCUT2D eigenvalue weighted by Gasteiger charge is -2.05. The second-order valence-electron chi connectivity index (χ2n) is 3.62. The van der Waals surface area contributed by atoms with Gasteiger partial charge in [0.2, 0.25) is 5.91 Å². The Balaban J connectivity index is 2.29. The van der Waals surface area contributed by atoms with Gasteiger partial charge in [-0.05, 0) is 24.3 Å². The van der Waals surface area contributed by atoms with Crippen LogP contribution in [0.25, 0.3) is 5.69 Å². The number of aromatic nitrogens is 2. The van der Waals surface area contributed by atoms with Crippen LogP contribution in [0, 0.1) is 0 Å². The molecule has 17 heavy (non-hydrogen) atoms. The highest BCUT2D eigenvalue weighted by atomic mass is 79.9. The predicted molar refractivity (Wildman–Crippen MR) is 70.5 cm³/mol. The van der Waals surface area contributed by atoms with E-state index in [-0.39, 0.29) is 5.91 Å². The number of halogens is 1. The molecule has 0 radical (unpaired) electrons. The van der Waals surface area contributed by atoms with Crippen LogP contribution < -0.4 is 5.32 Å². The van der Waals surface area contributed by atoms with Crippen LogP contribution >= 0.6 is 15.9 Å². The van der Waals surface area contributed by atoms with Crippen LogP contribution in [0.3, 0.4) is 0 Å². The highest BCUT2D eigenvalue weighted by Crippen LogP contribution is 2.15. The highest BCUT2D eigenvalue weighted by molar-refractivity contribution is 9.08. The quantitative estimate of drug-likeness (QED) is 0.885. The first-order valence-electron chi connectivity index (χ1n) is 5.17. The van der Waals surface area contributed by atoms with E-state index in [4.69, 9.17) is 0 Å². The van der Waals surface area contributed by atoms with E-state index in [0.717, 1.165) is 22.4 Å². The summed E-state index contributed by atoms with van der Waals surface area (Å²) in [6, 6.07) is 9.50. The van der Waals surface area contributed by atoms with Crippen molar-refractivity contribution >= 4 is 27.5 Å². The van der Waals surface area contributed by atoms with Gasteiger partial charge in [-0.25, -0.2) is 4.68 Å². The van der Waals surface area contributed by atoms with Gasteiger partial charge >= 0.3 is 0 Å². The van der Waals surface area contributed by atoms with Gasteiger partial charge in [-0.1, -0.05) is 22.0 Å². The molecule has 1 N–H and O–H groups in total. The molecule has 1 heterocycles. The summed E-state index contributed by atoms with van der Waals surface area (Å²) in [7, 11) is 0. The van der Waals surface area contributed by atoms with E-state index in [1.54, 1.807) is 4.68 Å². The zero-order chi connectivity index (χ0) is 12.3. The van der Waals surface area contributed by atoms with E-state index in [2.05, 4.69) is 26.3 Å². The lowest BCUT2D eigenvalue weighted by Crippen LogP contribution is -2.06. The van der Waals surface area contributed by atoms with Gasteiger partial charge in [0, 0.05) is 24.1 Å². The van der Waals surface area contributed by atoms with Crippen LogP contribution in [0.1, 0.15) is 12.6 Å². The second-order valence-corrected chi connectivity index (χ2v) is 4.18. The molecule has 2 rings (SSSR count). The minimum absolute atomic E-state index is 0.0798. The summed E-state index contributed by atoms with van der Waals surface area (Å²) in [5.41, 5.74) is 2.66. The molecule has 0 saturated heterocycles. The van der Waals surface area contributed by atoms with Crippen LogP contribution in [-0.4, -0.2) is 15.7 Å². The second kappa shape index (κ2) is 5.14. The summed E-state index contributed by atoms with van der Waals surface area (Å²) in [5.74, 6) is -0.0798. The van der Waals surface area contributed by atoms with Crippen LogP contribution in [0.15, 0.2) is 36.5 Å². The number of hydrogen-bond acceptors (Lipinski definition) is 2. The standard InChI is InChI=1S/C12H12BrN3O/c1-9(17)14-10-3-2-4-12(7-10)16-6-5-11(8-13)15-16/h2-7H,8H2,1H3,(H,14,17). The van der Waals surface area contributed by atoms with Gasteiger partial charge in [0.15, 0.2) is 0 Å². The molecule has 4 nitrogen and oxygen atoms in total. The minimum atomic E-state index is -0.0798. The van der Waals surface area contributed by atoms with Crippen molar-refractivity contribution in [3.8, 4) is 5.69 Å². The molecule has 0 bridgehead atoms. The zero-order valence-corrected chi connectivity index (χ0v) is 10.9. The Morgan fingerprint density at radius 3 is 2.94 bits per heavy atom. The Hall–Kier alpha value is -1.62. The summed E-state index contributed by atoms with van der Waals surface area (Å²) < 4.78 is 1.78. The fourth-order valence-electron chi connectivity index (χ4n) is 1.51. The van der Waals surface area contributed by atoms with Gasteiger partial charge in [-0.3, -0.25) is 4.79 Å². The molecule has 0 fully saturated rings. The molecule has 1 amide bonds. The molecule has 0 aliphatic carbocycles. The minimum Gasteiger partial charge on any atom is -0.326 e. The third kappa shape index (κ3) is 2.94. The number of carbonyl (C=O) groups excluding carboxylic acids is 1. The average molecular weight is 294 g/mol. The lowest BCUT2D eigenvalue weighted by atomic mass is 10.3. The van der Waals surface area contributed by atoms with Crippen molar-refractivity contribution in [3.63, 3.8) is 0 Å². The van der Waals surface area contributed by atoms with Crippen molar-refractivity contribution in [3.05, 3.63) is 42.2 Å². The van der Waals surface area contributed by atoms with Crippen molar-refractivity contribution in [1.29, 1.82) is 0 Å². The number of benzene rings is 1. The van der Waals surface area contributed by atoms with E-state index in [1.807, 2.05) is 36.5 Å². The van der Waals surface area contributed by atoms with Crippen molar-refractivity contribution in [2.24, 2.45) is 0 Å². The van der Waals surface area contributed by atoms with Gasteiger partial charge in [0.25, 0.3) is 0 Å².